The second-order valence-electron chi connectivity index (χ2n) is 3.49. The van der Waals surface area contributed by atoms with Crippen LogP contribution in [0.4, 0.5) is 0 Å². The van der Waals surface area contributed by atoms with Crippen molar-refractivity contribution in [2.24, 2.45) is 0 Å². The Kier molecular flexibility index (Phi) is 4.42. The molecule has 1 N–H and O–H groups in total. The van der Waals surface area contributed by atoms with E-state index in [1.165, 1.54) is 31.2 Å². The number of hydrogen-bond donors (Lipinski definition) is 1. The number of esters is 2. The van der Waals surface area contributed by atoms with Crippen molar-refractivity contribution < 1.29 is 29.0 Å². The highest BCUT2D eigenvalue weighted by molar-refractivity contribution is 5.78. The minimum absolute atomic E-state index is 0.286. The number of hydrogen-bond acceptors (Lipinski definition) is 5. The van der Waals surface area contributed by atoms with Crippen LogP contribution in [0.3, 0.4) is 0 Å². The number of carboxylic acid groups (broad SMARTS) is 1. The molecular weight excluding hydrogens is 240 g/mol. The van der Waals surface area contributed by atoms with Crippen molar-refractivity contribution in [1.82, 2.24) is 0 Å². The molecule has 0 amide bonds. The van der Waals surface area contributed by atoms with Gasteiger partial charge < -0.3 is 14.6 Å². The first kappa shape index (κ1) is 13.7. The van der Waals surface area contributed by atoms with Crippen molar-refractivity contribution in [1.29, 1.82) is 0 Å². The van der Waals surface area contributed by atoms with Gasteiger partial charge in [0.15, 0.2) is 0 Å². The molecule has 0 aliphatic carbocycles. The quantitative estimate of drug-likeness (QED) is 0.641. The fourth-order valence-corrected chi connectivity index (χ4v) is 1.30. The maximum absolute atomic E-state index is 10.9. The van der Waals surface area contributed by atoms with Crippen molar-refractivity contribution in [3.8, 4) is 5.75 Å². The Balaban J connectivity index is 2.90. The first-order valence-electron chi connectivity index (χ1n) is 5.08. The fourth-order valence-electron chi connectivity index (χ4n) is 1.30. The van der Waals surface area contributed by atoms with Gasteiger partial charge in [-0.05, 0) is 12.1 Å². The van der Waals surface area contributed by atoms with E-state index < -0.39 is 24.0 Å². The third-order valence-electron chi connectivity index (χ3n) is 1.95. The lowest BCUT2D eigenvalue weighted by molar-refractivity contribution is -0.163. The molecule has 0 fully saturated rings. The zero-order valence-electron chi connectivity index (χ0n) is 9.88. The second-order valence-corrected chi connectivity index (χ2v) is 3.49. The highest BCUT2D eigenvalue weighted by Gasteiger charge is 2.22. The summed E-state index contributed by atoms with van der Waals surface area (Å²) in [6.45, 7) is 2.38. The third kappa shape index (κ3) is 3.89. The molecule has 96 valence electrons. The van der Waals surface area contributed by atoms with Crippen LogP contribution in [0, 0.1) is 0 Å². The highest BCUT2D eigenvalue weighted by atomic mass is 16.6. The monoisotopic (exact) mass is 252 g/mol. The number of carbonyl (C=O) groups excluding carboxylic acids is 2. The van der Waals surface area contributed by atoms with Gasteiger partial charge in [-0.2, -0.15) is 0 Å². The molecule has 1 rings (SSSR count). The Hall–Kier alpha value is -2.37. The van der Waals surface area contributed by atoms with E-state index in [2.05, 4.69) is 4.74 Å². The predicted molar refractivity (Wildman–Crippen MR) is 59.9 cm³/mol. The summed E-state index contributed by atoms with van der Waals surface area (Å²) in [7, 11) is 0. The van der Waals surface area contributed by atoms with Crippen LogP contribution >= 0.6 is 0 Å². The topological polar surface area (TPSA) is 89.9 Å². The smallest absolute Gasteiger partial charge is 0.349 e. The van der Waals surface area contributed by atoms with Crippen LogP contribution in [-0.4, -0.2) is 23.0 Å². The molecule has 0 aliphatic rings. The minimum Gasteiger partial charge on any atom is -0.478 e. The van der Waals surface area contributed by atoms with Crippen molar-refractivity contribution in [2.75, 3.05) is 0 Å². The maximum Gasteiger partial charge on any atom is 0.349 e. The molecule has 0 heterocycles. The average molecular weight is 252 g/mol. The standard InChI is InChI=1S/C12H12O6/c1-7(13)17-10-5-3-9(4-6-10)11(12(15)16)18-8(2)14/h3-6,11H,1-2H3,(H,15,16). The van der Waals surface area contributed by atoms with E-state index in [4.69, 9.17) is 9.84 Å². The number of aliphatic carboxylic acids is 1. The van der Waals surface area contributed by atoms with Gasteiger partial charge >= 0.3 is 17.9 Å². The summed E-state index contributed by atoms with van der Waals surface area (Å²) in [5.74, 6) is -2.15. The molecule has 0 aromatic heterocycles. The molecule has 0 radical (unpaired) electrons. The first-order valence-corrected chi connectivity index (χ1v) is 5.08. The molecule has 1 unspecified atom stereocenters. The SMILES string of the molecule is CC(=O)Oc1ccc(C(OC(C)=O)C(=O)O)cc1. The van der Waals surface area contributed by atoms with E-state index in [0.717, 1.165) is 6.92 Å². The molecule has 0 aliphatic heterocycles. The predicted octanol–water partition coefficient (Wildman–Crippen LogP) is 1.30. The zero-order valence-corrected chi connectivity index (χ0v) is 9.88. The van der Waals surface area contributed by atoms with E-state index in [0.29, 0.717) is 5.75 Å². The second kappa shape index (κ2) is 5.81. The Morgan fingerprint density at radius 3 is 2.00 bits per heavy atom. The lowest BCUT2D eigenvalue weighted by atomic mass is 10.1. The largest absolute Gasteiger partial charge is 0.478 e. The molecule has 0 bridgehead atoms. The molecule has 6 heteroatoms. The Bertz CT molecular complexity index is 462. The summed E-state index contributed by atoms with van der Waals surface area (Å²) in [6.07, 6.45) is -1.37. The first-order chi connectivity index (χ1) is 8.40. The van der Waals surface area contributed by atoms with Crippen LogP contribution in [0.5, 0.6) is 5.75 Å². The molecule has 6 nitrogen and oxygen atoms in total. The number of carboxylic acids is 1. The molecule has 1 aromatic rings. The van der Waals surface area contributed by atoms with E-state index in [-0.39, 0.29) is 5.56 Å². The summed E-state index contributed by atoms with van der Waals surface area (Å²) in [5, 5.41) is 8.93. The van der Waals surface area contributed by atoms with Gasteiger partial charge in [-0.25, -0.2) is 4.79 Å². The summed E-state index contributed by atoms with van der Waals surface area (Å²) in [4.78, 5) is 32.4. The molecule has 0 spiro atoms. The van der Waals surface area contributed by atoms with Crippen LogP contribution in [0.25, 0.3) is 0 Å². The van der Waals surface area contributed by atoms with Crippen LogP contribution in [0.15, 0.2) is 24.3 Å². The van der Waals surface area contributed by atoms with Crippen molar-refractivity contribution in [3.63, 3.8) is 0 Å². The van der Waals surface area contributed by atoms with Crippen LogP contribution < -0.4 is 4.74 Å². The third-order valence-corrected chi connectivity index (χ3v) is 1.95. The maximum atomic E-state index is 10.9. The molecule has 0 saturated heterocycles. The summed E-state index contributed by atoms with van der Waals surface area (Å²) < 4.78 is 9.47. The van der Waals surface area contributed by atoms with E-state index in [9.17, 15) is 14.4 Å². The van der Waals surface area contributed by atoms with Crippen LogP contribution in [0.2, 0.25) is 0 Å². The Morgan fingerprint density at radius 1 is 1.06 bits per heavy atom. The van der Waals surface area contributed by atoms with Crippen LogP contribution in [0.1, 0.15) is 25.5 Å². The van der Waals surface area contributed by atoms with Gasteiger partial charge in [-0.1, -0.05) is 12.1 Å². The average Bonchev–Trinajstić information content (AvgIpc) is 2.26. The minimum atomic E-state index is -1.37. The number of rotatable bonds is 4. The summed E-state index contributed by atoms with van der Waals surface area (Å²) >= 11 is 0. The Labute approximate surface area is 103 Å². The lowest BCUT2D eigenvalue weighted by Gasteiger charge is -2.13. The molecule has 0 saturated carbocycles. The van der Waals surface area contributed by atoms with Crippen LogP contribution in [-0.2, 0) is 19.1 Å². The molecule has 1 aromatic carbocycles. The molecule has 1 atom stereocenters. The summed E-state index contributed by atoms with van der Waals surface area (Å²) in [5.41, 5.74) is 0.286. The van der Waals surface area contributed by atoms with Gasteiger partial charge in [0.25, 0.3) is 0 Å². The zero-order chi connectivity index (χ0) is 13.7. The highest BCUT2D eigenvalue weighted by Crippen LogP contribution is 2.21. The van der Waals surface area contributed by atoms with E-state index >= 15 is 0 Å². The van der Waals surface area contributed by atoms with Crippen molar-refractivity contribution in [2.45, 2.75) is 20.0 Å². The summed E-state index contributed by atoms with van der Waals surface area (Å²) in [6, 6.07) is 5.69. The van der Waals surface area contributed by atoms with E-state index in [1.54, 1.807) is 0 Å². The number of benzene rings is 1. The molecular formula is C12H12O6. The number of ether oxygens (including phenoxy) is 2. The van der Waals surface area contributed by atoms with Crippen molar-refractivity contribution in [3.05, 3.63) is 29.8 Å². The van der Waals surface area contributed by atoms with Crippen molar-refractivity contribution >= 4 is 17.9 Å². The van der Waals surface area contributed by atoms with Gasteiger partial charge in [-0.15, -0.1) is 0 Å². The fraction of sp³-hybridized carbons (Fsp3) is 0.250. The molecule has 18 heavy (non-hydrogen) atoms. The lowest BCUT2D eigenvalue weighted by Crippen LogP contribution is -2.17. The van der Waals surface area contributed by atoms with E-state index in [1.807, 2.05) is 0 Å². The Morgan fingerprint density at radius 2 is 1.61 bits per heavy atom. The van der Waals surface area contributed by atoms with Gasteiger partial charge in [-0.3, -0.25) is 9.59 Å². The van der Waals surface area contributed by atoms with Gasteiger partial charge in [0.1, 0.15) is 5.75 Å². The number of carbonyl (C=O) groups is 3. The normalized spacial score (nSPS) is 11.4. The van der Waals surface area contributed by atoms with Gasteiger partial charge in [0, 0.05) is 19.4 Å². The van der Waals surface area contributed by atoms with Gasteiger partial charge in [0.2, 0.25) is 6.10 Å². The van der Waals surface area contributed by atoms with Gasteiger partial charge in [0.05, 0.1) is 0 Å².